The molecule has 2 N–H and O–H groups in total. The van der Waals surface area contributed by atoms with E-state index >= 15 is 0 Å². The van der Waals surface area contributed by atoms with Gasteiger partial charge in [-0.25, -0.2) is 4.98 Å². The van der Waals surface area contributed by atoms with Gasteiger partial charge in [0.15, 0.2) is 0 Å². The zero-order valence-corrected chi connectivity index (χ0v) is 14.4. The highest BCUT2D eigenvalue weighted by Gasteiger charge is 2.05. The van der Waals surface area contributed by atoms with Gasteiger partial charge in [0.2, 0.25) is 5.95 Å². The number of aryl methyl sites for hydroxylation is 1. The lowest BCUT2D eigenvalue weighted by atomic mass is 10.3. The maximum Gasteiger partial charge on any atom is 0.225 e. The summed E-state index contributed by atoms with van der Waals surface area (Å²) in [5, 5.41) is 7.48. The summed E-state index contributed by atoms with van der Waals surface area (Å²) in [7, 11) is 0. The summed E-state index contributed by atoms with van der Waals surface area (Å²) in [5.74, 6) is 1.18. The third-order valence-corrected chi connectivity index (χ3v) is 3.58. The number of nitrogens with one attached hydrogen (secondary N) is 2. The van der Waals surface area contributed by atoms with Crippen LogP contribution < -0.4 is 10.6 Å². The molecule has 0 unspecified atom stereocenters. The van der Waals surface area contributed by atoms with Crippen LogP contribution in [0, 0.1) is 6.92 Å². The Morgan fingerprint density at radius 1 is 1.00 bits per heavy atom. The molecule has 7 heteroatoms. The first-order chi connectivity index (χ1) is 11.6. The van der Waals surface area contributed by atoms with Crippen LogP contribution >= 0.6 is 23.2 Å². The highest BCUT2D eigenvalue weighted by Crippen LogP contribution is 2.25. The molecule has 24 heavy (non-hydrogen) atoms. The largest absolute Gasteiger partial charge is 0.349 e. The number of nitrogens with zero attached hydrogens (tertiary/aromatic N) is 3. The minimum atomic E-state index is 0.524. The Kier molecular flexibility index (Phi) is 5.13. The molecule has 0 saturated heterocycles. The van der Waals surface area contributed by atoms with Crippen molar-refractivity contribution in [1.29, 1.82) is 0 Å². The third-order valence-electron chi connectivity index (χ3n) is 3.14. The molecular formula is C17H15Cl2N5. The minimum Gasteiger partial charge on any atom is -0.349 e. The van der Waals surface area contributed by atoms with Gasteiger partial charge >= 0.3 is 0 Å². The van der Waals surface area contributed by atoms with Crippen LogP contribution in [0.3, 0.4) is 0 Å². The van der Waals surface area contributed by atoms with E-state index < -0.39 is 0 Å². The Bertz CT molecular complexity index is 819. The average Bonchev–Trinajstić information content (AvgIpc) is 2.52. The Morgan fingerprint density at radius 3 is 2.50 bits per heavy atom. The number of pyridine rings is 1. The summed E-state index contributed by atoms with van der Waals surface area (Å²) < 4.78 is 0. The Labute approximate surface area is 150 Å². The Balaban J connectivity index is 1.76. The van der Waals surface area contributed by atoms with Crippen molar-refractivity contribution in [3.8, 4) is 0 Å². The fraction of sp³-hybridized carbons (Fsp3) is 0.118. The van der Waals surface area contributed by atoms with Gasteiger partial charge in [0.1, 0.15) is 5.82 Å². The molecule has 0 fully saturated rings. The smallest absolute Gasteiger partial charge is 0.225 e. The number of benzene rings is 1. The SMILES string of the molecule is Cc1cc(Nc2cc(Cl)cc(Cl)c2)nc(NCc2ccccn2)n1. The molecule has 3 aromatic rings. The highest BCUT2D eigenvalue weighted by atomic mass is 35.5. The molecule has 0 amide bonds. The van der Waals surface area contributed by atoms with Crippen molar-refractivity contribution < 1.29 is 0 Å². The molecule has 2 heterocycles. The van der Waals surface area contributed by atoms with Gasteiger partial charge in [-0.2, -0.15) is 4.98 Å². The molecule has 122 valence electrons. The summed E-state index contributed by atoms with van der Waals surface area (Å²) in [6.07, 6.45) is 1.75. The van der Waals surface area contributed by atoms with Crippen LogP contribution in [0.15, 0.2) is 48.7 Å². The molecule has 1 aromatic carbocycles. The van der Waals surface area contributed by atoms with Crippen LogP contribution in [0.1, 0.15) is 11.4 Å². The van der Waals surface area contributed by atoms with Gasteiger partial charge in [0, 0.05) is 33.7 Å². The second-order valence-electron chi connectivity index (χ2n) is 5.18. The molecule has 0 bridgehead atoms. The van der Waals surface area contributed by atoms with Crippen molar-refractivity contribution in [2.45, 2.75) is 13.5 Å². The van der Waals surface area contributed by atoms with Crippen molar-refractivity contribution in [1.82, 2.24) is 15.0 Å². The molecule has 0 aliphatic rings. The van der Waals surface area contributed by atoms with E-state index in [1.165, 1.54) is 0 Å². The number of aromatic nitrogens is 3. The number of hydrogen-bond acceptors (Lipinski definition) is 5. The molecule has 5 nitrogen and oxygen atoms in total. The van der Waals surface area contributed by atoms with Crippen molar-refractivity contribution in [2.75, 3.05) is 10.6 Å². The average molecular weight is 360 g/mol. The summed E-state index contributed by atoms with van der Waals surface area (Å²) >= 11 is 12.0. The summed E-state index contributed by atoms with van der Waals surface area (Å²) in [4.78, 5) is 13.1. The van der Waals surface area contributed by atoms with Crippen molar-refractivity contribution in [3.05, 3.63) is 70.1 Å². The lowest BCUT2D eigenvalue weighted by molar-refractivity contribution is 0.991. The number of rotatable bonds is 5. The van der Waals surface area contributed by atoms with E-state index in [1.807, 2.05) is 31.2 Å². The van der Waals surface area contributed by atoms with Crippen LogP contribution in [0.4, 0.5) is 17.5 Å². The lowest BCUT2D eigenvalue weighted by Crippen LogP contribution is -2.07. The van der Waals surface area contributed by atoms with E-state index in [9.17, 15) is 0 Å². The maximum atomic E-state index is 6.02. The van der Waals surface area contributed by atoms with Gasteiger partial charge in [-0.3, -0.25) is 4.98 Å². The summed E-state index contributed by atoms with van der Waals surface area (Å²) in [6.45, 7) is 2.45. The van der Waals surface area contributed by atoms with E-state index in [4.69, 9.17) is 23.2 Å². The Morgan fingerprint density at radius 2 is 1.79 bits per heavy atom. The van der Waals surface area contributed by atoms with Crippen molar-refractivity contribution in [3.63, 3.8) is 0 Å². The van der Waals surface area contributed by atoms with Gasteiger partial charge in [-0.15, -0.1) is 0 Å². The maximum absolute atomic E-state index is 6.02. The first-order valence-electron chi connectivity index (χ1n) is 7.31. The number of hydrogen-bond donors (Lipinski definition) is 2. The van der Waals surface area contributed by atoms with Crippen LogP contribution in [0.2, 0.25) is 10.0 Å². The number of halogens is 2. The molecule has 0 radical (unpaired) electrons. The van der Waals surface area contributed by atoms with E-state index in [2.05, 4.69) is 25.6 Å². The molecule has 0 saturated carbocycles. The van der Waals surface area contributed by atoms with E-state index in [0.717, 1.165) is 17.1 Å². The predicted molar refractivity (Wildman–Crippen MR) is 98.1 cm³/mol. The molecular weight excluding hydrogens is 345 g/mol. The summed E-state index contributed by atoms with van der Waals surface area (Å²) in [6, 6.07) is 12.9. The van der Waals surface area contributed by atoms with Crippen molar-refractivity contribution in [2.24, 2.45) is 0 Å². The van der Waals surface area contributed by atoms with E-state index in [-0.39, 0.29) is 0 Å². The zero-order chi connectivity index (χ0) is 16.9. The standard InChI is InChI=1S/C17H15Cl2N5/c1-11-6-16(23-15-8-12(18)7-13(19)9-15)24-17(22-11)21-10-14-4-2-3-5-20-14/h2-9H,10H2,1H3,(H2,21,22,23,24). The van der Waals surface area contributed by atoms with E-state index in [0.29, 0.717) is 28.4 Å². The first kappa shape index (κ1) is 16.5. The minimum absolute atomic E-state index is 0.524. The van der Waals surface area contributed by atoms with Crippen LogP contribution in [0.5, 0.6) is 0 Å². The fourth-order valence-electron chi connectivity index (χ4n) is 2.16. The van der Waals surface area contributed by atoms with Gasteiger partial charge in [-0.05, 0) is 37.3 Å². The molecule has 0 aliphatic heterocycles. The van der Waals surface area contributed by atoms with Crippen LogP contribution in [-0.4, -0.2) is 15.0 Å². The first-order valence-corrected chi connectivity index (χ1v) is 8.07. The fourth-order valence-corrected chi connectivity index (χ4v) is 2.68. The summed E-state index contributed by atoms with van der Waals surface area (Å²) in [5.41, 5.74) is 2.52. The van der Waals surface area contributed by atoms with Gasteiger partial charge in [0.05, 0.1) is 12.2 Å². The molecule has 0 aliphatic carbocycles. The molecule has 2 aromatic heterocycles. The lowest BCUT2D eigenvalue weighted by Gasteiger charge is -2.10. The molecule has 0 atom stereocenters. The van der Waals surface area contributed by atoms with Crippen molar-refractivity contribution >= 4 is 40.7 Å². The third kappa shape index (κ3) is 4.57. The van der Waals surface area contributed by atoms with Crippen LogP contribution in [0.25, 0.3) is 0 Å². The second-order valence-corrected chi connectivity index (χ2v) is 6.05. The normalized spacial score (nSPS) is 10.5. The zero-order valence-electron chi connectivity index (χ0n) is 12.9. The molecule has 3 rings (SSSR count). The van der Waals surface area contributed by atoms with E-state index in [1.54, 1.807) is 24.4 Å². The van der Waals surface area contributed by atoms with Gasteiger partial charge < -0.3 is 10.6 Å². The quantitative estimate of drug-likeness (QED) is 0.682. The second kappa shape index (κ2) is 7.47. The monoisotopic (exact) mass is 359 g/mol. The van der Waals surface area contributed by atoms with Crippen LogP contribution in [-0.2, 0) is 6.54 Å². The highest BCUT2D eigenvalue weighted by molar-refractivity contribution is 6.35. The Hall–Kier alpha value is -2.37. The van der Waals surface area contributed by atoms with Gasteiger partial charge in [-0.1, -0.05) is 29.3 Å². The topological polar surface area (TPSA) is 62.7 Å². The molecule has 0 spiro atoms. The van der Waals surface area contributed by atoms with Gasteiger partial charge in [0.25, 0.3) is 0 Å². The number of anilines is 3. The predicted octanol–water partition coefficient (Wildman–Crippen LogP) is 4.84.